The minimum atomic E-state index is -4.39. The van der Waals surface area contributed by atoms with Crippen LogP contribution in [0.5, 0.6) is 0 Å². The zero-order valence-electron chi connectivity index (χ0n) is 20.3. The largest absolute Gasteiger partial charge is 0.417 e. The Hall–Kier alpha value is -2.32. The molecule has 1 aromatic carbocycles. The van der Waals surface area contributed by atoms with Crippen molar-refractivity contribution in [3.8, 4) is 0 Å². The predicted molar refractivity (Wildman–Crippen MR) is 134 cm³/mol. The van der Waals surface area contributed by atoms with E-state index in [4.69, 9.17) is 11.6 Å². The first-order valence-electron chi connectivity index (χ1n) is 12.8. The summed E-state index contributed by atoms with van der Waals surface area (Å²) in [7, 11) is 0. The van der Waals surface area contributed by atoms with Crippen molar-refractivity contribution in [1.82, 2.24) is 14.8 Å². The highest BCUT2D eigenvalue weighted by Gasteiger charge is 2.40. The quantitative estimate of drug-likeness (QED) is 0.538. The van der Waals surface area contributed by atoms with Crippen LogP contribution in [0, 0.1) is 17.8 Å². The lowest BCUT2D eigenvalue weighted by Crippen LogP contribution is -2.42. The van der Waals surface area contributed by atoms with Crippen molar-refractivity contribution in [2.24, 2.45) is 17.8 Å². The lowest BCUT2D eigenvalue weighted by molar-refractivity contribution is -0.138. The SMILES string of the molecule is O=C(CCN1CC2CN(c3ccc(Cl)cc3)CC2C1)N1CCC[C@H](Cc2cncc(C(F)(F)F)c2)C1. The summed E-state index contributed by atoms with van der Waals surface area (Å²) in [6, 6.07) is 9.21. The number of alkyl halides is 3. The van der Waals surface area contributed by atoms with Crippen LogP contribution in [0.4, 0.5) is 18.9 Å². The minimum absolute atomic E-state index is 0.154. The van der Waals surface area contributed by atoms with E-state index in [-0.39, 0.29) is 11.8 Å². The molecule has 1 amide bonds. The van der Waals surface area contributed by atoms with Crippen LogP contribution in [0.15, 0.2) is 42.7 Å². The molecule has 0 aliphatic carbocycles. The molecule has 3 aliphatic rings. The number of hydrogen-bond donors (Lipinski definition) is 0. The van der Waals surface area contributed by atoms with E-state index in [1.165, 1.54) is 18.0 Å². The third kappa shape index (κ3) is 5.97. The molecule has 0 bridgehead atoms. The summed E-state index contributed by atoms with van der Waals surface area (Å²) in [5.41, 5.74) is 1.09. The minimum Gasteiger partial charge on any atom is -0.371 e. The maximum atomic E-state index is 13.0. The summed E-state index contributed by atoms with van der Waals surface area (Å²) in [6.07, 6.45) is 0.797. The van der Waals surface area contributed by atoms with Crippen molar-refractivity contribution in [2.75, 3.05) is 50.7 Å². The van der Waals surface area contributed by atoms with Crippen molar-refractivity contribution >= 4 is 23.2 Å². The third-order valence-electron chi connectivity index (χ3n) is 7.91. The number of carbonyl (C=O) groups is 1. The summed E-state index contributed by atoms with van der Waals surface area (Å²) in [6.45, 7) is 6.23. The number of rotatable bonds is 6. The van der Waals surface area contributed by atoms with Gasteiger partial charge in [0.15, 0.2) is 0 Å². The number of benzene rings is 1. The Balaban J connectivity index is 1.07. The molecule has 36 heavy (non-hydrogen) atoms. The second-order valence-corrected chi connectivity index (χ2v) is 11.0. The molecule has 5 nitrogen and oxygen atoms in total. The van der Waals surface area contributed by atoms with Gasteiger partial charge in [-0.3, -0.25) is 9.78 Å². The highest BCUT2D eigenvalue weighted by atomic mass is 35.5. The molecule has 2 aromatic rings. The molecule has 3 saturated heterocycles. The van der Waals surface area contributed by atoms with Gasteiger partial charge in [0.25, 0.3) is 0 Å². The molecular weight excluding hydrogens is 489 g/mol. The van der Waals surface area contributed by atoms with Gasteiger partial charge in [0, 0.05) is 75.3 Å². The maximum Gasteiger partial charge on any atom is 0.417 e. The number of halogens is 4. The molecule has 3 fully saturated rings. The standard InChI is InChI=1S/C27H32ClF3N4O/c28-24-3-5-25(6-4-24)35-17-21-15-33(16-22(21)18-35)9-7-26(36)34-8-1-2-19(14-34)10-20-11-23(13-32-12-20)27(29,30)31/h3-6,11-13,19,21-22H,1-2,7-10,14-18H2/t19-,21?,22?/m1/s1. The predicted octanol–water partition coefficient (Wildman–Crippen LogP) is 4.99. The van der Waals surface area contributed by atoms with Crippen molar-refractivity contribution in [2.45, 2.75) is 31.9 Å². The van der Waals surface area contributed by atoms with Gasteiger partial charge in [0.1, 0.15) is 0 Å². The first-order chi connectivity index (χ1) is 17.2. The molecule has 1 aromatic heterocycles. The van der Waals surface area contributed by atoms with Crippen molar-refractivity contribution < 1.29 is 18.0 Å². The molecule has 4 heterocycles. The average molecular weight is 521 g/mol. The normalized spacial score (nSPS) is 24.8. The van der Waals surface area contributed by atoms with Crippen LogP contribution >= 0.6 is 11.6 Å². The number of anilines is 1. The molecule has 0 saturated carbocycles. The summed E-state index contributed by atoms with van der Waals surface area (Å²) in [4.78, 5) is 23.5. The molecule has 5 rings (SSSR count). The van der Waals surface area contributed by atoms with Crippen LogP contribution in [0.3, 0.4) is 0 Å². The van der Waals surface area contributed by atoms with Gasteiger partial charge in [-0.2, -0.15) is 13.2 Å². The number of amides is 1. The number of pyridine rings is 1. The Labute approximate surface area is 215 Å². The first-order valence-corrected chi connectivity index (χ1v) is 13.1. The maximum absolute atomic E-state index is 13.0. The zero-order chi connectivity index (χ0) is 25.3. The molecule has 0 radical (unpaired) electrons. The fourth-order valence-electron chi connectivity index (χ4n) is 6.09. The van der Waals surface area contributed by atoms with Crippen molar-refractivity contribution in [1.29, 1.82) is 0 Å². The van der Waals surface area contributed by atoms with Gasteiger partial charge in [-0.25, -0.2) is 0 Å². The van der Waals surface area contributed by atoms with Crippen LogP contribution in [0.1, 0.15) is 30.4 Å². The topological polar surface area (TPSA) is 39.7 Å². The lowest BCUT2D eigenvalue weighted by Gasteiger charge is -2.33. The van der Waals surface area contributed by atoms with Gasteiger partial charge < -0.3 is 14.7 Å². The van der Waals surface area contributed by atoms with Crippen LogP contribution in [0.25, 0.3) is 0 Å². The molecule has 194 valence electrons. The molecule has 3 atom stereocenters. The Morgan fingerprint density at radius 1 is 1.03 bits per heavy atom. The Morgan fingerprint density at radius 2 is 1.75 bits per heavy atom. The highest BCUT2D eigenvalue weighted by molar-refractivity contribution is 6.30. The molecule has 2 unspecified atom stereocenters. The number of nitrogens with zero attached hydrogens (tertiary/aromatic N) is 4. The van der Waals surface area contributed by atoms with E-state index in [0.29, 0.717) is 36.8 Å². The highest BCUT2D eigenvalue weighted by Crippen LogP contribution is 2.34. The Morgan fingerprint density at radius 3 is 2.44 bits per heavy atom. The Kier molecular flexibility index (Phi) is 7.45. The van der Waals surface area contributed by atoms with E-state index in [1.54, 1.807) is 0 Å². The van der Waals surface area contributed by atoms with Crippen LogP contribution in [-0.2, 0) is 17.4 Å². The van der Waals surface area contributed by atoms with Gasteiger partial charge in [-0.15, -0.1) is 0 Å². The van der Waals surface area contributed by atoms with Gasteiger partial charge in [0.05, 0.1) is 5.56 Å². The number of fused-ring (bicyclic) bond motifs is 1. The van der Waals surface area contributed by atoms with E-state index in [1.807, 2.05) is 17.0 Å². The number of hydrogen-bond acceptors (Lipinski definition) is 4. The molecule has 0 spiro atoms. The zero-order valence-corrected chi connectivity index (χ0v) is 21.0. The summed E-state index contributed by atoms with van der Waals surface area (Å²) in [5, 5.41) is 0.752. The monoisotopic (exact) mass is 520 g/mol. The first kappa shape index (κ1) is 25.3. The second-order valence-electron chi connectivity index (χ2n) is 10.5. The molecule has 0 N–H and O–H groups in total. The third-order valence-corrected chi connectivity index (χ3v) is 8.17. The van der Waals surface area contributed by atoms with Crippen LogP contribution < -0.4 is 4.90 Å². The fraction of sp³-hybridized carbons (Fsp3) is 0.556. The van der Waals surface area contributed by atoms with Gasteiger partial charge in [-0.1, -0.05) is 11.6 Å². The van der Waals surface area contributed by atoms with Gasteiger partial charge >= 0.3 is 6.18 Å². The Bertz CT molecular complexity index is 1050. The molecule has 9 heteroatoms. The average Bonchev–Trinajstić information content (AvgIpc) is 3.42. The number of piperidine rings is 1. The van der Waals surface area contributed by atoms with E-state index in [2.05, 4.69) is 26.9 Å². The number of likely N-dealkylation sites (tertiary alicyclic amines) is 2. The van der Waals surface area contributed by atoms with Crippen LogP contribution in [-0.4, -0.2) is 66.5 Å². The molecule has 3 aliphatic heterocycles. The van der Waals surface area contributed by atoms with E-state index in [9.17, 15) is 18.0 Å². The van der Waals surface area contributed by atoms with Crippen molar-refractivity contribution in [3.63, 3.8) is 0 Å². The number of aromatic nitrogens is 1. The summed E-state index contributed by atoms with van der Waals surface area (Å²) in [5.74, 6) is 1.56. The van der Waals surface area contributed by atoms with Crippen molar-refractivity contribution in [3.05, 3.63) is 58.9 Å². The van der Waals surface area contributed by atoms with E-state index in [0.717, 1.165) is 63.3 Å². The van der Waals surface area contributed by atoms with Gasteiger partial charge in [-0.05, 0) is 72.9 Å². The fourth-order valence-corrected chi connectivity index (χ4v) is 6.22. The molecular formula is C27H32ClF3N4O. The second kappa shape index (κ2) is 10.6. The summed E-state index contributed by atoms with van der Waals surface area (Å²) >= 11 is 6.02. The number of carbonyl (C=O) groups excluding carboxylic acids is 1. The summed E-state index contributed by atoms with van der Waals surface area (Å²) < 4.78 is 39.0. The van der Waals surface area contributed by atoms with Gasteiger partial charge in [0.2, 0.25) is 5.91 Å². The van der Waals surface area contributed by atoms with E-state index >= 15 is 0 Å². The van der Waals surface area contributed by atoms with E-state index < -0.39 is 11.7 Å². The smallest absolute Gasteiger partial charge is 0.371 e. The van der Waals surface area contributed by atoms with Crippen LogP contribution in [0.2, 0.25) is 5.02 Å². The lowest BCUT2D eigenvalue weighted by atomic mass is 9.91.